The number of aromatic nitrogens is 2. The number of primary amides is 1. The van der Waals surface area contributed by atoms with Crippen LogP contribution in [0.2, 0.25) is 0 Å². The molecule has 0 aliphatic heterocycles. The Morgan fingerprint density at radius 3 is 2.46 bits per heavy atom. The third-order valence-electron chi connectivity index (χ3n) is 6.89. The summed E-state index contributed by atoms with van der Waals surface area (Å²) in [5, 5.41) is 8.67. The maximum atomic E-state index is 12.9. The minimum atomic E-state index is -0.493. The average Bonchev–Trinajstić information content (AvgIpc) is 3.47. The van der Waals surface area contributed by atoms with Crippen molar-refractivity contribution in [3.63, 3.8) is 0 Å². The normalized spacial score (nSPS) is 11.6. The topological polar surface area (TPSA) is 131 Å². The fraction of sp³-hybridized carbons (Fsp3) is 0.200. The van der Waals surface area contributed by atoms with Gasteiger partial charge in [0, 0.05) is 42.4 Å². The van der Waals surface area contributed by atoms with Crippen molar-refractivity contribution >= 4 is 29.2 Å². The van der Waals surface area contributed by atoms with Crippen LogP contribution in [0.15, 0.2) is 60.9 Å². The molecule has 39 heavy (non-hydrogen) atoms. The molecule has 5 N–H and O–H groups in total. The molecule has 1 heterocycles. The van der Waals surface area contributed by atoms with Crippen molar-refractivity contribution < 1.29 is 14.4 Å². The first-order valence-corrected chi connectivity index (χ1v) is 12.7. The van der Waals surface area contributed by atoms with Crippen LogP contribution in [0.3, 0.4) is 0 Å². The third kappa shape index (κ3) is 4.86. The van der Waals surface area contributed by atoms with Gasteiger partial charge in [-0.05, 0) is 90.4 Å². The molecule has 4 aromatic rings. The summed E-state index contributed by atoms with van der Waals surface area (Å²) in [6.45, 7) is 5.74. The lowest BCUT2D eigenvalue weighted by molar-refractivity contribution is 0.0995. The van der Waals surface area contributed by atoms with E-state index in [0.29, 0.717) is 29.2 Å². The van der Waals surface area contributed by atoms with E-state index in [1.54, 1.807) is 30.1 Å². The summed E-state index contributed by atoms with van der Waals surface area (Å²) >= 11 is 0. The third-order valence-corrected chi connectivity index (χ3v) is 6.89. The zero-order chi connectivity index (χ0) is 27.8. The Labute approximate surface area is 226 Å². The molecule has 1 aliphatic carbocycles. The summed E-state index contributed by atoms with van der Waals surface area (Å²) in [7, 11) is 1.77. The number of hydrogen-bond donors (Lipinski definition) is 4. The van der Waals surface area contributed by atoms with Gasteiger partial charge in [0.05, 0.1) is 0 Å². The van der Waals surface area contributed by atoms with Crippen molar-refractivity contribution in [3.05, 3.63) is 89.0 Å². The lowest BCUT2D eigenvalue weighted by atomic mass is 9.89. The van der Waals surface area contributed by atoms with Gasteiger partial charge in [-0.25, -0.2) is 9.78 Å². The maximum Gasteiger partial charge on any atom is 0.319 e. The quantitative estimate of drug-likeness (QED) is 0.254. The Morgan fingerprint density at radius 2 is 1.77 bits per heavy atom. The Hall–Kier alpha value is -4.92. The molecule has 198 valence electrons. The predicted molar refractivity (Wildman–Crippen MR) is 152 cm³/mol. The number of hydrogen-bond acceptors (Lipinski definition) is 4. The smallest absolute Gasteiger partial charge is 0.319 e. The van der Waals surface area contributed by atoms with E-state index in [9.17, 15) is 14.4 Å². The summed E-state index contributed by atoms with van der Waals surface area (Å²) in [6, 6.07) is 14.9. The van der Waals surface area contributed by atoms with Crippen molar-refractivity contribution in [2.75, 3.05) is 10.6 Å². The number of nitrogens with two attached hydrogens (primary N) is 1. The van der Waals surface area contributed by atoms with E-state index in [4.69, 9.17) is 5.73 Å². The Bertz CT molecular complexity index is 1640. The number of anilines is 2. The van der Waals surface area contributed by atoms with Gasteiger partial charge in [-0.1, -0.05) is 24.3 Å². The summed E-state index contributed by atoms with van der Waals surface area (Å²) in [5.41, 5.74) is 14.0. The fourth-order valence-electron chi connectivity index (χ4n) is 5.10. The first-order valence-electron chi connectivity index (χ1n) is 12.7. The standard InChI is InChI=1S/C30H30N6O3/c1-16(2)33-30(39)34-19-8-9-21-18(14-19)15-24-23(27(31)37)11-10-22(26(21)24)20-6-5-7-25(17(20)3)35-29(38)28-32-12-13-36(28)4/h5-14,16H,15H2,1-4H3,(H2,31,37)(H,35,38)(H2,33,34,39). The van der Waals surface area contributed by atoms with E-state index in [0.717, 1.165) is 38.9 Å². The van der Waals surface area contributed by atoms with E-state index in [-0.39, 0.29) is 18.0 Å². The number of imidazole rings is 1. The number of benzene rings is 3. The summed E-state index contributed by atoms with van der Waals surface area (Å²) < 4.78 is 1.66. The van der Waals surface area contributed by atoms with Crippen LogP contribution in [0.4, 0.5) is 16.2 Å². The second-order valence-corrected chi connectivity index (χ2v) is 9.97. The molecular weight excluding hydrogens is 492 g/mol. The molecule has 1 aromatic heterocycles. The molecule has 4 amide bonds. The van der Waals surface area contributed by atoms with Gasteiger partial charge in [0.1, 0.15) is 0 Å². The molecule has 9 nitrogen and oxygen atoms in total. The van der Waals surface area contributed by atoms with Crippen LogP contribution in [0.1, 0.15) is 51.5 Å². The monoisotopic (exact) mass is 522 g/mol. The second-order valence-electron chi connectivity index (χ2n) is 9.97. The number of nitrogens with zero attached hydrogens (tertiary/aromatic N) is 2. The minimum absolute atomic E-state index is 0.0110. The second kappa shape index (κ2) is 10.1. The van der Waals surface area contributed by atoms with Gasteiger partial charge in [-0.2, -0.15) is 0 Å². The lowest BCUT2D eigenvalue weighted by Crippen LogP contribution is -2.34. The zero-order valence-corrected chi connectivity index (χ0v) is 22.3. The largest absolute Gasteiger partial charge is 0.366 e. The van der Waals surface area contributed by atoms with Crippen LogP contribution in [0.25, 0.3) is 22.3 Å². The van der Waals surface area contributed by atoms with Gasteiger partial charge in [0.2, 0.25) is 5.91 Å². The highest BCUT2D eigenvalue weighted by Crippen LogP contribution is 2.46. The first kappa shape index (κ1) is 25.7. The lowest BCUT2D eigenvalue weighted by Gasteiger charge is -2.17. The molecule has 0 saturated heterocycles. The minimum Gasteiger partial charge on any atom is -0.366 e. The molecule has 0 atom stereocenters. The van der Waals surface area contributed by atoms with Crippen LogP contribution in [-0.4, -0.2) is 33.4 Å². The Morgan fingerprint density at radius 1 is 1.00 bits per heavy atom. The number of nitrogens with one attached hydrogen (secondary N) is 3. The van der Waals surface area contributed by atoms with E-state index in [1.165, 1.54) is 0 Å². The Kier molecular flexibility index (Phi) is 6.66. The molecule has 1 aliphatic rings. The summed E-state index contributed by atoms with van der Waals surface area (Å²) in [4.78, 5) is 41.6. The zero-order valence-electron chi connectivity index (χ0n) is 22.3. The van der Waals surface area contributed by atoms with Gasteiger partial charge in [-0.3, -0.25) is 9.59 Å². The molecular formula is C30H30N6O3. The molecule has 0 radical (unpaired) electrons. The van der Waals surface area contributed by atoms with Crippen molar-refractivity contribution in [2.24, 2.45) is 12.8 Å². The number of carbonyl (C=O) groups excluding carboxylic acids is 3. The molecule has 0 bridgehead atoms. The average molecular weight is 523 g/mol. The van der Waals surface area contributed by atoms with Gasteiger partial charge < -0.3 is 26.3 Å². The van der Waals surface area contributed by atoms with Gasteiger partial charge in [-0.15, -0.1) is 0 Å². The van der Waals surface area contributed by atoms with Gasteiger partial charge in [0.15, 0.2) is 5.82 Å². The molecule has 0 unspecified atom stereocenters. The predicted octanol–water partition coefficient (Wildman–Crippen LogP) is 4.85. The van der Waals surface area contributed by atoms with E-state index in [1.807, 2.05) is 63.2 Å². The molecule has 0 spiro atoms. The highest BCUT2D eigenvalue weighted by atomic mass is 16.2. The van der Waals surface area contributed by atoms with Gasteiger partial charge in [0.25, 0.3) is 5.91 Å². The number of urea groups is 1. The number of aryl methyl sites for hydroxylation is 1. The molecule has 5 rings (SSSR count). The molecule has 0 saturated carbocycles. The molecule has 9 heteroatoms. The number of carbonyl (C=O) groups is 3. The maximum absolute atomic E-state index is 12.9. The Balaban J connectivity index is 1.56. The summed E-state index contributed by atoms with van der Waals surface area (Å²) in [6.07, 6.45) is 3.81. The van der Waals surface area contributed by atoms with E-state index in [2.05, 4.69) is 20.9 Å². The molecule has 3 aromatic carbocycles. The van der Waals surface area contributed by atoms with Gasteiger partial charge >= 0.3 is 6.03 Å². The van der Waals surface area contributed by atoms with E-state index < -0.39 is 5.91 Å². The first-order chi connectivity index (χ1) is 18.6. The summed E-state index contributed by atoms with van der Waals surface area (Å²) in [5.74, 6) is -0.482. The van der Waals surface area contributed by atoms with Crippen LogP contribution in [-0.2, 0) is 13.5 Å². The van der Waals surface area contributed by atoms with Crippen molar-refractivity contribution in [1.82, 2.24) is 14.9 Å². The van der Waals surface area contributed by atoms with E-state index >= 15 is 0 Å². The van der Waals surface area contributed by atoms with Crippen LogP contribution in [0, 0.1) is 6.92 Å². The van der Waals surface area contributed by atoms with Crippen LogP contribution >= 0.6 is 0 Å². The van der Waals surface area contributed by atoms with Crippen LogP contribution in [0.5, 0.6) is 0 Å². The number of rotatable bonds is 6. The number of fused-ring (bicyclic) bond motifs is 3. The van der Waals surface area contributed by atoms with Crippen LogP contribution < -0.4 is 21.7 Å². The number of amides is 4. The SMILES string of the molecule is Cc1c(NC(=O)c2nccn2C)cccc1-c1ccc(C(N)=O)c2c1-c1ccc(NC(=O)NC(C)C)cc1C2. The van der Waals surface area contributed by atoms with Crippen molar-refractivity contribution in [1.29, 1.82) is 0 Å². The fourth-order valence-corrected chi connectivity index (χ4v) is 5.10. The highest BCUT2D eigenvalue weighted by molar-refractivity contribution is 6.05. The highest BCUT2D eigenvalue weighted by Gasteiger charge is 2.28. The molecule has 0 fully saturated rings. The van der Waals surface area contributed by atoms with Crippen molar-refractivity contribution in [3.8, 4) is 22.3 Å². The van der Waals surface area contributed by atoms with Crippen molar-refractivity contribution in [2.45, 2.75) is 33.2 Å².